The predicted octanol–water partition coefficient (Wildman–Crippen LogP) is 1.94. The van der Waals surface area contributed by atoms with Gasteiger partial charge in [-0.2, -0.15) is 0 Å². The maximum Gasteiger partial charge on any atom is 0.343 e. The van der Waals surface area contributed by atoms with E-state index in [0.717, 1.165) is 0 Å². The van der Waals surface area contributed by atoms with Gasteiger partial charge in [-0.25, -0.2) is 4.79 Å². The number of benzene rings is 1. The molecule has 3 nitrogen and oxygen atoms in total. The summed E-state index contributed by atoms with van der Waals surface area (Å²) in [5.41, 5.74) is 0. The number of para-hydroxylation sites is 1. The fraction of sp³-hybridized carbons (Fsp3) is 0.250. The third kappa shape index (κ3) is 2.44. The van der Waals surface area contributed by atoms with Gasteiger partial charge in [0.05, 0.1) is 6.10 Å². The molecule has 1 aromatic rings. The number of hydrogen-bond acceptors (Lipinski definition) is 3. The van der Waals surface area contributed by atoms with Gasteiger partial charge in [-0.1, -0.05) is 24.3 Å². The molecule has 1 aliphatic rings. The number of carbonyl (C=O) groups is 1. The number of ether oxygens (including phenoxy) is 2. The summed E-state index contributed by atoms with van der Waals surface area (Å²) in [5.74, 6) is 0.225. The first kappa shape index (κ1) is 9.93. The highest BCUT2D eigenvalue weighted by atomic mass is 16.6. The van der Waals surface area contributed by atoms with Crippen LogP contribution in [0.1, 0.15) is 6.42 Å². The Bertz CT molecular complexity index is 358. The van der Waals surface area contributed by atoms with Gasteiger partial charge in [0.25, 0.3) is 0 Å². The van der Waals surface area contributed by atoms with Crippen LogP contribution < -0.4 is 4.74 Å². The summed E-state index contributed by atoms with van der Waals surface area (Å²) >= 11 is 0. The van der Waals surface area contributed by atoms with Crippen LogP contribution in [-0.4, -0.2) is 18.2 Å². The van der Waals surface area contributed by atoms with Gasteiger partial charge in [0.1, 0.15) is 5.75 Å². The molecule has 0 aromatic heterocycles. The van der Waals surface area contributed by atoms with Crippen molar-refractivity contribution in [2.75, 3.05) is 0 Å². The predicted molar refractivity (Wildman–Crippen MR) is 55.6 cm³/mol. The monoisotopic (exact) mass is 204 g/mol. The van der Waals surface area contributed by atoms with Crippen LogP contribution >= 0.6 is 0 Å². The van der Waals surface area contributed by atoms with E-state index < -0.39 is 6.10 Å². The second-order valence-electron chi connectivity index (χ2n) is 3.35. The van der Waals surface area contributed by atoms with Crippen LogP contribution in [-0.2, 0) is 9.53 Å². The molecule has 0 spiro atoms. The number of esters is 1. The molecule has 0 N–H and O–H groups in total. The lowest BCUT2D eigenvalue weighted by atomic mass is 10.2. The topological polar surface area (TPSA) is 38.8 Å². The van der Waals surface area contributed by atoms with Crippen LogP contribution in [0.25, 0.3) is 0 Å². The van der Waals surface area contributed by atoms with E-state index in [2.05, 4.69) is 6.58 Å². The molecule has 1 aromatic carbocycles. The molecule has 2 unspecified atom stereocenters. The summed E-state index contributed by atoms with van der Waals surface area (Å²) in [7, 11) is 0. The zero-order valence-corrected chi connectivity index (χ0v) is 8.26. The van der Waals surface area contributed by atoms with E-state index in [1.54, 1.807) is 18.2 Å². The summed E-state index contributed by atoms with van der Waals surface area (Å²) in [4.78, 5) is 11.5. The number of carbonyl (C=O) groups excluding carboxylic acids is 1. The smallest absolute Gasteiger partial charge is 0.343 e. The van der Waals surface area contributed by atoms with E-state index >= 15 is 0 Å². The molecule has 0 radical (unpaired) electrons. The molecule has 1 saturated heterocycles. The molecule has 0 bridgehead atoms. The lowest BCUT2D eigenvalue weighted by molar-refractivity contribution is -0.135. The minimum absolute atomic E-state index is 0.0429. The summed E-state index contributed by atoms with van der Waals surface area (Å²) in [5, 5.41) is 0. The fourth-order valence-corrected chi connectivity index (χ4v) is 1.36. The van der Waals surface area contributed by atoms with Crippen molar-refractivity contribution in [1.29, 1.82) is 0 Å². The van der Waals surface area contributed by atoms with Crippen LogP contribution in [0.4, 0.5) is 0 Å². The minimum atomic E-state index is -0.414. The van der Waals surface area contributed by atoms with E-state index in [1.807, 2.05) is 18.2 Å². The molecule has 15 heavy (non-hydrogen) atoms. The Morgan fingerprint density at radius 2 is 2.20 bits per heavy atom. The van der Waals surface area contributed by atoms with Crippen molar-refractivity contribution in [2.45, 2.75) is 18.6 Å². The highest BCUT2D eigenvalue weighted by molar-refractivity contribution is 5.80. The highest BCUT2D eigenvalue weighted by Crippen LogP contribution is 2.27. The van der Waals surface area contributed by atoms with Crippen LogP contribution in [0.3, 0.4) is 0 Å². The third-order valence-electron chi connectivity index (χ3n) is 2.18. The molecule has 1 fully saturated rings. The van der Waals surface area contributed by atoms with Gasteiger partial charge >= 0.3 is 5.97 Å². The van der Waals surface area contributed by atoms with Gasteiger partial charge in [0.15, 0.2) is 6.10 Å². The molecule has 78 valence electrons. The molecular weight excluding hydrogens is 192 g/mol. The van der Waals surface area contributed by atoms with Crippen molar-refractivity contribution in [3.63, 3.8) is 0 Å². The average Bonchev–Trinajstić information content (AvgIpc) is 2.99. The molecule has 2 atom stereocenters. The Hall–Kier alpha value is -1.61. The fourth-order valence-electron chi connectivity index (χ4n) is 1.36. The summed E-state index contributed by atoms with van der Waals surface area (Å²) < 4.78 is 10.3. The van der Waals surface area contributed by atoms with Gasteiger partial charge in [-0.3, -0.25) is 0 Å². The second kappa shape index (κ2) is 4.28. The zero-order valence-electron chi connectivity index (χ0n) is 8.26. The van der Waals surface area contributed by atoms with Crippen molar-refractivity contribution >= 4 is 5.97 Å². The summed E-state index contributed by atoms with van der Waals surface area (Å²) in [6.07, 6.45) is 1.97. The van der Waals surface area contributed by atoms with Crippen molar-refractivity contribution in [2.24, 2.45) is 0 Å². The first-order chi connectivity index (χ1) is 7.31. The van der Waals surface area contributed by atoms with E-state index in [4.69, 9.17) is 9.47 Å². The third-order valence-corrected chi connectivity index (χ3v) is 2.18. The maximum atomic E-state index is 11.5. The lowest BCUT2D eigenvalue weighted by Gasteiger charge is -2.00. The van der Waals surface area contributed by atoms with E-state index in [9.17, 15) is 4.79 Å². The van der Waals surface area contributed by atoms with Crippen LogP contribution in [0, 0.1) is 0 Å². The Kier molecular flexibility index (Phi) is 2.83. The molecule has 0 amide bonds. The lowest BCUT2D eigenvalue weighted by Crippen LogP contribution is -2.16. The van der Waals surface area contributed by atoms with Gasteiger partial charge in [-0.15, -0.1) is 6.58 Å². The highest BCUT2D eigenvalue weighted by Gasteiger charge is 2.45. The molecule has 2 rings (SSSR count). The Morgan fingerprint density at radius 3 is 2.87 bits per heavy atom. The van der Waals surface area contributed by atoms with Crippen molar-refractivity contribution in [3.05, 3.63) is 43.0 Å². The summed E-state index contributed by atoms with van der Waals surface area (Å²) in [6, 6.07) is 8.98. The van der Waals surface area contributed by atoms with Gasteiger partial charge < -0.3 is 9.47 Å². The Balaban J connectivity index is 1.87. The molecule has 1 aliphatic heterocycles. The molecule has 0 aliphatic carbocycles. The van der Waals surface area contributed by atoms with Crippen LogP contribution in [0.15, 0.2) is 43.0 Å². The average molecular weight is 204 g/mol. The quantitative estimate of drug-likeness (QED) is 0.325. The maximum absolute atomic E-state index is 11.5. The van der Waals surface area contributed by atoms with Crippen molar-refractivity contribution in [1.82, 2.24) is 0 Å². The first-order valence-electron chi connectivity index (χ1n) is 4.84. The van der Waals surface area contributed by atoms with Crippen LogP contribution in [0.2, 0.25) is 0 Å². The zero-order chi connectivity index (χ0) is 10.7. The van der Waals surface area contributed by atoms with Crippen molar-refractivity contribution in [3.8, 4) is 5.75 Å². The van der Waals surface area contributed by atoms with Gasteiger partial charge in [-0.05, 0) is 18.6 Å². The Morgan fingerprint density at radius 1 is 1.47 bits per heavy atom. The van der Waals surface area contributed by atoms with Gasteiger partial charge in [0, 0.05) is 0 Å². The van der Waals surface area contributed by atoms with E-state index in [1.165, 1.54) is 0 Å². The molecule has 3 heteroatoms. The molecule has 1 heterocycles. The molecule has 0 saturated carbocycles. The standard InChI is InChI=1S/C12H12O3/c1-2-6-10-11(15-10)12(13)14-9-7-4-3-5-8-9/h2-5,7-8,10-11H,1,6H2. The number of rotatable bonds is 4. The van der Waals surface area contributed by atoms with E-state index in [-0.39, 0.29) is 12.1 Å². The largest absolute Gasteiger partial charge is 0.425 e. The SMILES string of the molecule is C=CCC1OC1C(=O)Oc1ccccc1. The van der Waals surface area contributed by atoms with Crippen molar-refractivity contribution < 1.29 is 14.3 Å². The first-order valence-corrected chi connectivity index (χ1v) is 4.84. The van der Waals surface area contributed by atoms with Gasteiger partial charge in [0.2, 0.25) is 0 Å². The van der Waals surface area contributed by atoms with Crippen LogP contribution in [0.5, 0.6) is 5.75 Å². The normalized spacial score (nSPS) is 23.2. The number of epoxide rings is 1. The Labute approximate surface area is 88.3 Å². The second-order valence-corrected chi connectivity index (χ2v) is 3.35. The summed E-state index contributed by atoms with van der Waals surface area (Å²) in [6.45, 7) is 3.59. The molecular formula is C12H12O3. The van der Waals surface area contributed by atoms with E-state index in [0.29, 0.717) is 12.2 Å². The minimum Gasteiger partial charge on any atom is -0.425 e. The number of hydrogen-bond donors (Lipinski definition) is 0.